The first-order chi connectivity index (χ1) is 22.0. The Kier molecular flexibility index (Phi) is 16.9. The van der Waals surface area contributed by atoms with Crippen molar-refractivity contribution in [3.8, 4) is 0 Å². The third kappa shape index (κ3) is 15.5. The van der Waals surface area contributed by atoms with Crippen LogP contribution in [0.4, 0.5) is 0 Å². The fourth-order valence-electron chi connectivity index (χ4n) is 4.11. The number of rotatable bonds is 21. The number of hydrogen-bond acceptors (Lipinski definition) is 10. The molecule has 0 saturated heterocycles. The monoisotopic (exact) mass is 665 g/mol. The van der Waals surface area contributed by atoms with Crippen molar-refractivity contribution in [3.05, 3.63) is 35.9 Å². The fraction of sp³-hybridized carbons (Fsp3) is 0.500. The molecule has 6 atom stereocenters. The number of amides is 5. The smallest absolute Gasteiger partial charge is 0.326 e. The number of nitrogens with two attached hydrogens (primary N) is 4. The molecule has 19 heteroatoms. The van der Waals surface area contributed by atoms with E-state index in [0.29, 0.717) is 12.0 Å². The van der Waals surface area contributed by atoms with Gasteiger partial charge >= 0.3 is 11.9 Å². The lowest BCUT2D eigenvalue weighted by atomic mass is 10.0. The summed E-state index contributed by atoms with van der Waals surface area (Å²) in [7, 11) is 0. The number of benzene rings is 1. The second kappa shape index (κ2) is 20.0. The molecule has 1 rings (SSSR count). The summed E-state index contributed by atoms with van der Waals surface area (Å²) >= 11 is 0. The lowest BCUT2D eigenvalue weighted by Crippen LogP contribution is -2.60. The maximum Gasteiger partial charge on any atom is 0.326 e. The minimum absolute atomic E-state index is 0.113. The van der Waals surface area contributed by atoms with E-state index < -0.39 is 97.1 Å². The summed E-state index contributed by atoms with van der Waals surface area (Å²) in [6.45, 7) is 1.36. The highest BCUT2D eigenvalue weighted by Crippen LogP contribution is 2.07. The minimum Gasteiger partial charge on any atom is -0.481 e. The van der Waals surface area contributed by atoms with E-state index in [1.54, 1.807) is 30.3 Å². The van der Waals surface area contributed by atoms with E-state index in [1.807, 2.05) is 0 Å². The summed E-state index contributed by atoms with van der Waals surface area (Å²) in [6.07, 6.45) is -3.07. The van der Waals surface area contributed by atoms with E-state index in [9.17, 15) is 48.9 Å². The summed E-state index contributed by atoms with van der Waals surface area (Å²) in [5.41, 5.74) is 22.1. The first-order valence-electron chi connectivity index (χ1n) is 14.5. The largest absolute Gasteiger partial charge is 0.481 e. The van der Waals surface area contributed by atoms with Gasteiger partial charge in [0, 0.05) is 19.4 Å². The van der Waals surface area contributed by atoms with Crippen molar-refractivity contribution in [2.45, 2.75) is 81.8 Å². The Hall–Kier alpha value is -5.30. The number of aliphatic imine (C=N–C) groups is 1. The lowest BCUT2D eigenvalue weighted by molar-refractivity contribution is -0.143. The van der Waals surface area contributed by atoms with Crippen molar-refractivity contribution in [1.82, 2.24) is 21.3 Å². The highest BCUT2D eigenvalue weighted by Gasteiger charge is 2.34. The molecule has 19 nitrogen and oxygen atoms in total. The molecule has 0 saturated carbocycles. The van der Waals surface area contributed by atoms with E-state index in [2.05, 4.69) is 26.3 Å². The number of carboxylic acid groups (broad SMARTS) is 2. The van der Waals surface area contributed by atoms with Crippen LogP contribution in [-0.4, -0.2) is 106 Å². The molecule has 0 aliphatic carbocycles. The van der Waals surface area contributed by atoms with Crippen molar-refractivity contribution in [2.24, 2.45) is 27.9 Å². The first kappa shape index (κ1) is 39.7. The molecule has 1 aromatic carbocycles. The van der Waals surface area contributed by atoms with Gasteiger partial charge in [0.05, 0.1) is 18.6 Å². The van der Waals surface area contributed by atoms with E-state index >= 15 is 0 Å². The number of carboxylic acids is 2. The number of aliphatic hydroxyl groups excluding tert-OH is 1. The van der Waals surface area contributed by atoms with Crippen LogP contribution in [0, 0.1) is 0 Å². The molecule has 1 aromatic rings. The number of nitrogens with zero attached hydrogens (tertiary/aromatic N) is 1. The summed E-state index contributed by atoms with van der Waals surface area (Å²) in [5.74, 6) is -8.15. The number of nitrogens with one attached hydrogen (secondary N) is 4. The molecule has 0 aromatic heterocycles. The Morgan fingerprint density at radius 2 is 1.36 bits per heavy atom. The molecular formula is C28H43N9O10. The van der Waals surface area contributed by atoms with Crippen LogP contribution in [0.5, 0.6) is 0 Å². The molecule has 47 heavy (non-hydrogen) atoms. The van der Waals surface area contributed by atoms with Gasteiger partial charge in [-0.15, -0.1) is 0 Å². The average molecular weight is 666 g/mol. The van der Waals surface area contributed by atoms with Crippen molar-refractivity contribution in [1.29, 1.82) is 0 Å². The van der Waals surface area contributed by atoms with Gasteiger partial charge in [-0.2, -0.15) is 0 Å². The van der Waals surface area contributed by atoms with E-state index in [1.165, 1.54) is 6.92 Å². The molecule has 15 N–H and O–H groups in total. The first-order valence-corrected chi connectivity index (χ1v) is 14.5. The van der Waals surface area contributed by atoms with Gasteiger partial charge in [0.15, 0.2) is 5.96 Å². The zero-order valence-corrected chi connectivity index (χ0v) is 25.8. The van der Waals surface area contributed by atoms with E-state index in [-0.39, 0.29) is 25.3 Å². The number of hydrogen-bond donors (Lipinski definition) is 11. The molecule has 260 valence electrons. The summed E-state index contributed by atoms with van der Waals surface area (Å²) in [5, 5.41) is 38.1. The number of aliphatic carboxylic acids is 2. The van der Waals surface area contributed by atoms with Gasteiger partial charge in [0.1, 0.15) is 24.2 Å². The zero-order valence-electron chi connectivity index (χ0n) is 25.8. The normalized spacial score (nSPS) is 14.5. The summed E-state index contributed by atoms with van der Waals surface area (Å²) < 4.78 is 0. The van der Waals surface area contributed by atoms with Crippen LogP contribution >= 0.6 is 0 Å². The van der Waals surface area contributed by atoms with Crippen LogP contribution < -0.4 is 44.2 Å². The molecule has 0 heterocycles. The van der Waals surface area contributed by atoms with E-state index in [0.717, 1.165) is 0 Å². The van der Waals surface area contributed by atoms with Crippen LogP contribution in [0.1, 0.15) is 44.6 Å². The molecule has 0 bridgehead atoms. The van der Waals surface area contributed by atoms with E-state index in [4.69, 9.17) is 22.9 Å². The molecule has 0 aliphatic rings. The van der Waals surface area contributed by atoms with Gasteiger partial charge in [-0.1, -0.05) is 30.3 Å². The van der Waals surface area contributed by atoms with Crippen molar-refractivity contribution >= 4 is 47.4 Å². The van der Waals surface area contributed by atoms with Crippen LogP contribution in [0.15, 0.2) is 35.3 Å². The maximum absolute atomic E-state index is 13.3. The third-order valence-corrected chi connectivity index (χ3v) is 6.59. The minimum atomic E-state index is -1.81. The maximum atomic E-state index is 13.3. The molecule has 0 aliphatic heterocycles. The van der Waals surface area contributed by atoms with Crippen molar-refractivity contribution < 1.29 is 48.9 Å². The van der Waals surface area contributed by atoms with Crippen LogP contribution in [0.3, 0.4) is 0 Å². The lowest BCUT2D eigenvalue weighted by Gasteiger charge is -2.27. The third-order valence-electron chi connectivity index (χ3n) is 6.59. The number of guanidine groups is 1. The quantitative estimate of drug-likeness (QED) is 0.0337. The Morgan fingerprint density at radius 1 is 0.787 bits per heavy atom. The van der Waals surface area contributed by atoms with Gasteiger partial charge in [-0.05, 0) is 31.7 Å². The predicted molar refractivity (Wildman–Crippen MR) is 166 cm³/mol. The highest BCUT2D eigenvalue weighted by molar-refractivity contribution is 5.97. The fourth-order valence-corrected chi connectivity index (χ4v) is 4.11. The Morgan fingerprint density at radius 3 is 1.89 bits per heavy atom. The molecule has 0 spiro atoms. The Labute approximate surface area is 269 Å². The second-order valence-electron chi connectivity index (χ2n) is 10.6. The number of carbonyl (C=O) groups excluding carboxylic acids is 5. The SMILES string of the molecule is C[C@@H](O)[C@H](NC(=O)[C@@H](N)CCCN=C(N)N)C(=O)N[C@@H](CCC(N)=O)C(=O)N[C@@H](CC(=O)O)C(=O)N[C@@H](Cc1ccccc1)C(=O)O. The standard InChI is InChI=1S/C28H43N9O10/c1-14(38)22(37-23(42)16(29)8-5-11-33-28(31)32)26(45)34-17(9-10-20(30)39)24(43)35-18(13-21(40)41)25(44)36-19(27(46)47)12-15-6-3-2-4-7-15/h2-4,6-7,14,16-19,22,38H,5,8-13,29H2,1H3,(H2,30,39)(H,34,45)(H,35,43)(H,36,44)(H,37,42)(H,40,41)(H,46,47)(H4,31,32,33)/t14-,16+,17+,18+,19+,22+/m1/s1. The number of aliphatic hydroxyl groups is 1. The second-order valence-corrected chi connectivity index (χ2v) is 10.6. The van der Waals surface area contributed by atoms with Gasteiger partial charge in [0.25, 0.3) is 0 Å². The zero-order chi connectivity index (χ0) is 35.7. The molecule has 0 radical (unpaired) electrons. The molecule has 0 fully saturated rings. The molecule has 0 unspecified atom stereocenters. The van der Waals surface area contributed by atoms with Gasteiger partial charge in [0.2, 0.25) is 29.5 Å². The van der Waals surface area contributed by atoms with Crippen molar-refractivity contribution in [3.63, 3.8) is 0 Å². The van der Waals surface area contributed by atoms with Gasteiger partial charge in [-0.3, -0.25) is 33.8 Å². The predicted octanol–water partition coefficient (Wildman–Crippen LogP) is -4.25. The summed E-state index contributed by atoms with van der Waals surface area (Å²) in [6, 6.07) is 0.576. The van der Waals surface area contributed by atoms with Crippen LogP contribution in [-0.2, 0) is 40.0 Å². The Balaban J connectivity index is 3.10. The molecular weight excluding hydrogens is 622 g/mol. The topological polar surface area (TPSA) is 345 Å². The summed E-state index contributed by atoms with van der Waals surface area (Å²) in [4.78, 5) is 90.6. The van der Waals surface area contributed by atoms with Gasteiger partial charge in [-0.25, -0.2) is 4.79 Å². The molecule has 5 amide bonds. The Bertz CT molecular complexity index is 1290. The number of carbonyl (C=O) groups is 7. The van der Waals surface area contributed by atoms with Crippen LogP contribution in [0.2, 0.25) is 0 Å². The highest BCUT2D eigenvalue weighted by atomic mass is 16.4. The average Bonchev–Trinajstić information content (AvgIpc) is 2.98. The van der Waals surface area contributed by atoms with Crippen molar-refractivity contribution in [2.75, 3.05) is 6.54 Å². The van der Waals surface area contributed by atoms with Crippen LogP contribution in [0.25, 0.3) is 0 Å². The number of primary amides is 1. The van der Waals surface area contributed by atoms with Gasteiger partial charge < -0.3 is 59.5 Å².